The van der Waals surface area contributed by atoms with E-state index in [1.807, 2.05) is 6.20 Å². The third-order valence-electron chi connectivity index (χ3n) is 3.04. The van der Waals surface area contributed by atoms with Gasteiger partial charge in [-0.15, -0.1) is 11.3 Å². The molecular formula is C13H17N3S. The third kappa shape index (κ3) is 2.76. The second kappa shape index (κ2) is 5.02. The zero-order valence-corrected chi connectivity index (χ0v) is 10.6. The summed E-state index contributed by atoms with van der Waals surface area (Å²) in [6.07, 6.45) is 7.87. The van der Waals surface area contributed by atoms with E-state index in [-0.39, 0.29) is 0 Å². The van der Waals surface area contributed by atoms with Gasteiger partial charge in [0.25, 0.3) is 0 Å². The lowest BCUT2D eigenvalue weighted by molar-refractivity contribution is 0.582. The molecule has 0 aromatic carbocycles. The Morgan fingerprint density at radius 3 is 3.18 bits per heavy atom. The van der Waals surface area contributed by atoms with Crippen LogP contribution in [-0.4, -0.2) is 22.1 Å². The summed E-state index contributed by atoms with van der Waals surface area (Å²) in [6.45, 7) is 2.17. The van der Waals surface area contributed by atoms with Gasteiger partial charge in [0, 0.05) is 25.0 Å². The first-order chi connectivity index (χ1) is 8.43. The van der Waals surface area contributed by atoms with Crippen molar-refractivity contribution in [3.8, 4) is 10.7 Å². The van der Waals surface area contributed by atoms with Crippen LogP contribution in [0.4, 0.5) is 0 Å². The van der Waals surface area contributed by atoms with Crippen molar-refractivity contribution in [2.75, 3.05) is 6.54 Å². The van der Waals surface area contributed by atoms with Crippen molar-refractivity contribution in [2.45, 2.75) is 31.8 Å². The van der Waals surface area contributed by atoms with E-state index < -0.39 is 0 Å². The van der Waals surface area contributed by atoms with Crippen LogP contribution in [0.1, 0.15) is 19.3 Å². The molecule has 3 nitrogen and oxygen atoms in total. The molecule has 0 aliphatic heterocycles. The number of aryl methyl sites for hydroxylation is 1. The average molecular weight is 247 g/mol. The lowest BCUT2D eigenvalue weighted by atomic mass is 10.4. The van der Waals surface area contributed by atoms with E-state index in [0.29, 0.717) is 0 Å². The standard InChI is InChI=1S/C13H17N3S/c1-3-12(17-10-1)13-15-7-9-16(13)8-2-6-14-11-4-5-11/h1,3,7,9-11,14H,2,4-6,8H2. The quantitative estimate of drug-likeness (QED) is 0.795. The Kier molecular flexibility index (Phi) is 3.25. The Morgan fingerprint density at radius 2 is 2.41 bits per heavy atom. The molecule has 2 aromatic heterocycles. The highest BCUT2D eigenvalue weighted by molar-refractivity contribution is 7.13. The summed E-state index contributed by atoms with van der Waals surface area (Å²) in [5.74, 6) is 1.10. The number of hydrogen-bond acceptors (Lipinski definition) is 3. The Balaban J connectivity index is 1.57. The predicted octanol–water partition coefficient (Wildman–Crippen LogP) is 2.75. The molecule has 4 heteroatoms. The normalized spacial score (nSPS) is 15.3. The summed E-state index contributed by atoms with van der Waals surface area (Å²) in [5.41, 5.74) is 0. The number of nitrogens with one attached hydrogen (secondary N) is 1. The van der Waals surface area contributed by atoms with Crippen LogP contribution in [0.3, 0.4) is 0 Å². The number of hydrogen-bond donors (Lipinski definition) is 1. The Morgan fingerprint density at radius 1 is 1.47 bits per heavy atom. The molecule has 0 radical (unpaired) electrons. The molecule has 0 saturated heterocycles. The van der Waals surface area contributed by atoms with Gasteiger partial charge < -0.3 is 9.88 Å². The minimum absolute atomic E-state index is 0.814. The number of imidazole rings is 1. The molecular weight excluding hydrogens is 230 g/mol. The molecule has 0 atom stereocenters. The fraction of sp³-hybridized carbons (Fsp3) is 0.462. The van der Waals surface area contributed by atoms with Gasteiger partial charge in [-0.3, -0.25) is 0 Å². The van der Waals surface area contributed by atoms with Crippen LogP contribution in [-0.2, 0) is 6.54 Å². The summed E-state index contributed by atoms with van der Waals surface area (Å²) in [6, 6.07) is 5.02. The van der Waals surface area contributed by atoms with Gasteiger partial charge in [-0.1, -0.05) is 6.07 Å². The van der Waals surface area contributed by atoms with Crippen molar-refractivity contribution >= 4 is 11.3 Å². The summed E-state index contributed by atoms with van der Waals surface area (Å²) >= 11 is 1.75. The van der Waals surface area contributed by atoms with Crippen LogP contribution in [0.5, 0.6) is 0 Å². The van der Waals surface area contributed by atoms with Crippen LogP contribution >= 0.6 is 11.3 Å². The van der Waals surface area contributed by atoms with Gasteiger partial charge in [-0.25, -0.2) is 4.98 Å². The minimum Gasteiger partial charge on any atom is -0.330 e. The van der Waals surface area contributed by atoms with E-state index >= 15 is 0 Å². The second-order valence-electron chi connectivity index (χ2n) is 4.50. The lowest BCUT2D eigenvalue weighted by Gasteiger charge is -2.07. The summed E-state index contributed by atoms with van der Waals surface area (Å²) in [7, 11) is 0. The molecule has 1 aliphatic rings. The maximum absolute atomic E-state index is 4.44. The highest BCUT2D eigenvalue weighted by Gasteiger charge is 2.19. The zero-order valence-electron chi connectivity index (χ0n) is 9.80. The molecule has 2 aromatic rings. The van der Waals surface area contributed by atoms with Gasteiger partial charge in [0.15, 0.2) is 0 Å². The molecule has 2 heterocycles. The molecule has 3 rings (SSSR count). The highest BCUT2D eigenvalue weighted by atomic mass is 32.1. The van der Waals surface area contributed by atoms with Crippen molar-refractivity contribution in [2.24, 2.45) is 0 Å². The van der Waals surface area contributed by atoms with E-state index in [1.165, 1.54) is 24.1 Å². The largest absolute Gasteiger partial charge is 0.330 e. The van der Waals surface area contributed by atoms with Crippen LogP contribution in [0.2, 0.25) is 0 Å². The van der Waals surface area contributed by atoms with Gasteiger partial charge in [-0.05, 0) is 37.3 Å². The van der Waals surface area contributed by atoms with Gasteiger partial charge in [0.2, 0.25) is 0 Å². The van der Waals surface area contributed by atoms with Crippen molar-refractivity contribution < 1.29 is 0 Å². The fourth-order valence-corrected chi connectivity index (χ4v) is 2.70. The molecule has 0 amide bonds. The van der Waals surface area contributed by atoms with Gasteiger partial charge in [-0.2, -0.15) is 0 Å². The van der Waals surface area contributed by atoms with Crippen LogP contribution in [0, 0.1) is 0 Å². The maximum Gasteiger partial charge on any atom is 0.149 e. The van der Waals surface area contributed by atoms with Crippen molar-refractivity contribution in [3.05, 3.63) is 29.9 Å². The van der Waals surface area contributed by atoms with Gasteiger partial charge in [0.1, 0.15) is 5.82 Å². The first kappa shape index (κ1) is 11.0. The Bertz CT molecular complexity index is 457. The highest BCUT2D eigenvalue weighted by Crippen LogP contribution is 2.23. The molecule has 90 valence electrons. The molecule has 1 N–H and O–H groups in total. The SMILES string of the molecule is c1csc(-c2nccn2CCCNC2CC2)c1. The molecule has 0 spiro atoms. The lowest BCUT2D eigenvalue weighted by Crippen LogP contribution is -2.18. The summed E-state index contributed by atoms with van der Waals surface area (Å²) < 4.78 is 2.25. The number of rotatable bonds is 6. The zero-order chi connectivity index (χ0) is 11.5. The van der Waals surface area contributed by atoms with Crippen molar-refractivity contribution in [1.82, 2.24) is 14.9 Å². The predicted molar refractivity (Wildman–Crippen MR) is 71.2 cm³/mol. The van der Waals surface area contributed by atoms with E-state index in [2.05, 4.69) is 38.6 Å². The molecule has 0 unspecified atom stereocenters. The first-order valence-corrected chi connectivity index (χ1v) is 7.10. The first-order valence-electron chi connectivity index (χ1n) is 6.22. The second-order valence-corrected chi connectivity index (χ2v) is 5.45. The van der Waals surface area contributed by atoms with E-state index in [4.69, 9.17) is 0 Å². The molecule has 17 heavy (non-hydrogen) atoms. The fourth-order valence-electron chi connectivity index (χ4n) is 1.96. The van der Waals surface area contributed by atoms with Gasteiger partial charge >= 0.3 is 0 Å². The van der Waals surface area contributed by atoms with Crippen LogP contribution in [0.25, 0.3) is 10.7 Å². The molecule has 1 fully saturated rings. The van der Waals surface area contributed by atoms with Gasteiger partial charge in [0.05, 0.1) is 4.88 Å². The third-order valence-corrected chi connectivity index (χ3v) is 3.91. The van der Waals surface area contributed by atoms with Crippen LogP contribution < -0.4 is 5.32 Å². The van der Waals surface area contributed by atoms with Crippen LogP contribution in [0.15, 0.2) is 29.9 Å². The smallest absolute Gasteiger partial charge is 0.149 e. The molecule has 1 aliphatic carbocycles. The summed E-state index contributed by atoms with van der Waals surface area (Å²) in [5, 5.41) is 5.64. The average Bonchev–Trinajstić information content (AvgIpc) is 2.82. The summed E-state index contributed by atoms with van der Waals surface area (Å²) in [4.78, 5) is 5.69. The maximum atomic E-state index is 4.44. The van der Waals surface area contributed by atoms with E-state index in [9.17, 15) is 0 Å². The van der Waals surface area contributed by atoms with E-state index in [0.717, 1.165) is 25.0 Å². The Labute approximate surface area is 106 Å². The monoisotopic (exact) mass is 247 g/mol. The number of thiophene rings is 1. The molecule has 0 bridgehead atoms. The van der Waals surface area contributed by atoms with Crippen molar-refractivity contribution in [1.29, 1.82) is 0 Å². The minimum atomic E-state index is 0.814. The molecule has 1 saturated carbocycles. The number of aromatic nitrogens is 2. The topological polar surface area (TPSA) is 29.9 Å². The number of nitrogens with zero attached hydrogens (tertiary/aromatic N) is 2. The van der Waals surface area contributed by atoms with E-state index in [1.54, 1.807) is 11.3 Å². The van der Waals surface area contributed by atoms with Crippen molar-refractivity contribution in [3.63, 3.8) is 0 Å². The Hall–Kier alpha value is -1.13.